The SMILES string of the molecule is COc1ccc(-c2[nH]n(C)c(=O)c2CCN)cc1C. The third-order valence-electron chi connectivity index (χ3n) is 3.22. The van der Waals surface area contributed by atoms with Gasteiger partial charge in [-0.05, 0) is 43.7 Å². The number of ether oxygens (including phenoxy) is 1. The Morgan fingerprint density at radius 1 is 1.42 bits per heavy atom. The molecule has 0 radical (unpaired) electrons. The molecule has 0 saturated heterocycles. The summed E-state index contributed by atoms with van der Waals surface area (Å²) < 4.78 is 6.73. The summed E-state index contributed by atoms with van der Waals surface area (Å²) in [6, 6.07) is 5.85. The molecule has 5 nitrogen and oxygen atoms in total. The predicted molar refractivity (Wildman–Crippen MR) is 75.5 cm³/mol. The number of nitrogens with one attached hydrogen (secondary N) is 1. The van der Waals surface area contributed by atoms with Gasteiger partial charge in [0.15, 0.2) is 0 Å². The molecule has 0 unspecified atom stereocenters. The highest BCUT2D eigenvalue weighted by Gasteiger charge is 2.14. The Morgan fingerprint density at radius 3 is 2.74 bits per heavy atom. The van der Waals surface area contributed by atoms with E-state index in [1.165, 1.54) is 4.68 Å². The van der Waals surface area contributed by atoms with E-state index in [1.807, 2.05) is 25.1 Å². The number of rotatable bonds is 4. The molecular weight excluding hydrogens is 242 g/mol. The lowest BCUT2D eigenvalue weighted by Crippen LogP contribution is -2.17. The lowest BCUT2D eigenvalue weighted by molar-refractivity contribution is 0.412. The fourth-order valence-electron chi connectivity index (χ4n) is 2.24. The summed E-state index contributed by atoms with van der Waals surface area (Å²) in [5.74, 6) is 0.836. The highest BCUT2D eigenvalue weighted by molar-refractivity contribution is 5.65. The van der Waals surface area contributed by atoms with Crippen molar-refractivity contribution in [3.05, 3.63) is 39.7 Å². The van der Waals surface area contributed by atoms with Crippen LogP contribution in [0, 0.1) is 6.92 Å². The van der Waals surface area contributed by atoms with E-state index in [2.05, 4.69) is 5.10 Å². The maximum atomic E-state index is 12.0. The molecule has 5 heteroatoms. The van der Waals surface area contributed by atoms with Crippen molar-refractivity contribution in [3.8, 4) is 17.0 Å². The van der Waals surface area contributed by atoms with Gasteiger partial charge in [-0.3, -0.25) is 14.6 Å². The van der Waals surface area contributed by atoms with Crippen molar-refractivity contribution in [2.24, 2.45) is 12.8 Å². The number of aromatic amines is 1. The van der Waals surface area contributed by atoms with Gasteiger partial charge in [-0.25, -0.2) is 0 Å². The maximum Gasteiger partial charge on any atom is 0.270 e. The molecule has 102 valence electrons. The van der Waals surface area contributed by atoms with Crippen molar-refractivity contribution in [1.29, 1.82) is 0 Å². The molecule has 0 atom stereocenters. The summed E-state index contributed by atoms with van der Waals surface area (Å²) in [5, 5.41) is 3.09. The lowest BCUT2D eigenvalue weighted by Gasteiger charge is -2.07. The van der Waals surface area contributed by atoms with Crippen LogP contribution in [-0.2, 0) is 13.5 Å². The van der Waals surface area contributed by atoms with Crippen LogP contribution >= 0.6 is 0 Å². The fourth-order valence-corrected chi connectivity index (χ4v) is 2.24. The average molecular weight is 261 g/mol. The van der Waals surface area contributed by atoms with Crippen LogP contribution in [0.2, 0.25) is 0 Å². The summed E-state index contributed by atoms with van der Waals surface area (Å²) in [4.78, 5) is 12.0. The minimum Gasteiger partial charge on any atom is -0.496 e. The Hall–Kier alpha value is -2.01. The van der Waals surface area contributed by atoms with E-state index in [1.54, 1.807) is 14.2 Å². The molecule has 0 spiro atoms. The Kier molecular flexibility index (Phi) is 3.76. The quantitative estimate of drug-likeness (QED) is 0.868. The van der Waals surface area contributed by atoms with Gasteiger partial charge in [-0.2, -0.15) is 0 Å². The van der Waals surface area contributed by atoms with E-state index in [0.29, 0.717) is 13.0 Å². The highest BCUT2D eigenvalue weighted by atomic mass is 16.5. The van der Waals surface area contributed by atoms with Crippen LogP contribution in [0.25, 0.3) is 11.3 Å². The second kappa shape index (κ2) is 5.32. The second-order valence-corrected chi connectivity index (χ2v) is 4.55. The molecule has 0 fully saturated rings. The van der Waals surface area contributed by atoms with Gasteiger partial charge in [0.05, 0.1) is 12.8 Å². The smallest absolute Gasteiger partial charge is 0.270 e. The molecule has 19 heavy (non-hydrogen) atoms. The van der Waals surface area contributed by atoms with Gasteiger partial charge in [0.2, 0.25) is 0 Å². The number of benzene rings is 1. The zero-order valence-electron chi connectivity index (χ0n) is 11.5. The number of H-pyrrole nitrogens is 1. The molecule has 1 aromatic heterocycles. The average Bonchev–Trinajstić information content (AvgIpc) is 2.67. The van der Waals surface area contributed by atoms with Crippen LogP contribution in [-0.4, -0.2) is 23.4 Å². The number of hydrogen-bond acceptors (Lipinski definition) is 3. The van der Waals surface area contributed by atoms with Crippen LogP contribution in [0.4, 0.5) is 0 Å². The fraction of sp³-hybridized carbons (Fsp3) is 0.357. The van der Waals surface area contributed by atoms with Crippen molar-refractivity contribution in [2.45, 2.75) is 13.3 Å². The van der Waals surface area contributed by atoms with Crippen LogP contribution in [0.15, 0.2) is 23.0 Å². The van der Waals surface area contributed by atoms with Gasteiger partial charge in [0, 0.05) is 18.2 Å². The third-order valence-corrected chi connectivity index (χ3v) is 3.22. The zero-order chi connectivity index (χ0) is 14.0. The number of nitrogens with zero attached hydrogens (tertiary/aromatic N) is 1. The van der Waals surface area contributed by atoms with Gasteiger partial charge in [-0.1, -0.05) is 0 Å². The van der Waals surface area contributed by atoms with E-state index < -0.39 is 0 Å². The predicted octanol–water partition coefficient (Wildman–Crippen LogP) is 1.20. The number of aryl methyl sites for hydroxylation is 2. The van der Waals surface area contributed by atoms with Gasteiger partial charge in [0.25, 0.3) is 5.56 Å². The molecular formula is C14H19N3O2. The molecule has 0 aliphatic heterocycles. The van der Waals surface area contributed by atoms with E-state index in [0.717, 1.165) is 28.1 Å². The molecule has 0 amide bonds. The molecule has 1 heterocycles. The van der Waals surface area contributed by atoms with Gasteiger partial charge in [0.1, 0.15) is 5.75 Å². The first-order valence-corrected chi connectivity index (χ1v) is 6.21. The first kappa shape index (κ1) is 13.4. The third kappa shape index (κ3) is 2.42. The zero-order valence-corrected chi connectivity index (χ0v) is 11.5. The van der Waals surface area contributed by atoms with Crippen molar-refractivity contribution in [2.75, 3.05) is 13.7 Å². The second-order valence-electron chi connectivity index (χ2n) is 4.55. The van der Waals surface area contributed by atoms with Gasteiger partial charge < -0.3 is 10.5 Å². The molecule has 3 N–H and O–H groups in total. The summed E-state index contributed by atoms with van der Waals surface area (Å²) >= 11 is 0. The summed E-state index contributed by atoms with van der Waals surface area (Å²) in [7, 11) is 3.36. The topological polar surface area (TPSA) is 73.0 Å². The summed E-state index contributed by atoms with van der Waals surface area (Å²) in [6.45, 7) is 2.43. The van der Waals surface area contributed by atoms with Crippen LogP contribution in [0.1, 0.15) is 11.1 Å². The highest BCUT2D eigenvalue weighted by Crippen LogP contribution is 2.26. The minimum atomic E-state index is -0.0195. The Balaban J connectivity index is 2.55. The maximum absolute atomic E-state index is 12.0. The Bertz CT molecular complexity index is 641. The monoisotopic (exact) mass is 261 g/mol. The number of methoxy groups -OCH3 is 1. The van der Waals surface area contributed by atoms with E-state index in [9.17, 15) is 4.79 Å². The molecule has 2 rings (SSSR count). The standard InChI is InChI=1S/C14H19N3O2/c1-9-8-10(4-5-12(9)19-3)13-11(6-7-15)14(18)17(2)16-13/h4-5,8,16H,6-7,15H2,1-3H3. The number of aromatic nitrogens is 2. The molecule has 0 bridgehead atoms. The first-order chi connectivity index (χ1) is 9.08. The van der Waals surface area contributed by atoms with Crippen LogP contribution < -0.4 is 16.0 Å². The van der Waals surface area contributed by atoms with Crippen molar-refractivity contribution < 1.29 is 4.74 Å². The summed E-state index contributed by atoms with van der Waals surface area (Å²) in [5.41, 5.74) is 9.13. The normalized spacial score (nSPS) is 10.7. The molecule has 0 saturated carbocycles. The van der Waals surface area contributed by atoms with Crippen LogP contribution in [0.3, 0.4) is 0 Å². The van der Waals surface area contributed by atoms with Crippen molar-refractivity contribution >= 4 is 0 Å². The molecule has 0 aliphatic carbocycles. The van der Waals surface area contributed by atoms with E-state index in [4.69, 9.17) is 10.5 Å². The number of nitrogens with two attached hydrogens (primary N) is 1. The van der Waals surface area contributed by atoms with Gasteiger partial charge in [-0.15, -0.1) is 0 Å². The van der Waals surface area contributed by atoms with E-state index in [-0.39, 0.29) is 5.56 Å². The Morgan fingerprint density at radius 2 is 2.16 bits per heavy atom. The molecule has 2 aromatic rings. The van der Waals surface area contributed by atoms with Gasteiger partial charge >= 0.3 is 0 Å². The van der Waals surface area contributed by atoms with Crippen molar-refractivity contribution in [1.82, 2.24) is 9.78 Å². The van der Waals surface area contributed by atoms with Crippen molar-refractivity contribution in [3.63, 3.8) is 0 Å². The first-order valence-electron chi connectivity index (χ1n) is 6.21. The summed E-state index contributed by atoms with van der Waals surface area (Å²) in [6.07, 6.45) is 0.566. The number of hydrogen-bond donors (Lipinski definition) is 2. The van der Waals surface area contributed by atoms with E-state index >= 15 is 0 Å². The largest absolute Gasteiger partial charge is 0.496 e. The minimum absolute atomic E-state index is 0.0195. The molecule has 0 aliphatic rings. The van der Waals surface area contributed by atoms with Crippen LogP contribution in [0.5, 0.6) is 5.75 Å². The lowest BCUT2D eigenvalue weighted by atomic mass is 10.0. The Labute approximate surface area is 112 Å². The molecule has 1 aromatic carbocycles.